The number of rotatable bonds is 12. The third-order valence-electron chi connectivity index (χ3n) is 3.40. The molecule has 0 fully saturated rings. The molecule has 0 aliphatic carbocycles. The van der Waals surface area contributed by atoms with Gasteiger partial charge in [0, 0.05) is 35.0 Å². The minimum Gasteiger partial charge on any atom is -0.481 e. The van der Waals surface area contributed by atoms with Gasteiger partial charge in [-0.15, -0.1) is 11.3 Å². The second-order valence-electron chi connectivity index (χ2n) is 5.47. The molecule has 0 spiro atoms. The number of nitrogens with one attached hydrogen (secondary N) is 2. The van der Waals surface area contributed by atoms with E-state index >= 15 is 0 Å². The largest absolute Gasteiger partial charge is 0.481 e. The van der Waals surface area contributed by atoms with Crippen LogP contribution in [-0.2, 0) is 21.4 Å². The predicted molar refractivity (Wildman–Crippen MR) is 114 cm³/mol. The monoisotopic (exact) mass is 460 g/mol. The molecule has 11 heteroatoms. The molecule has 1 heterocycles. The van der Waals surface area contributed by atoms with Gasteiger partial charge in [-0.05, 0) is 35.7 Å². The molecule has 1 aromatic heterocycles. The Hall–Kier alpha value is -1.53. The molecule has 0 saturated carbocycles. The molecular weight excluding hydrogens is 440 g/mol. The van der Waals surface area contributed by atoms with Crippen LogP contribution in [0.4, 0.5) is 0 Å². The fourth-order valence-electron chi connectivity index (χ4n) is 2.00. The first kappa shape index (κ1) is 22.8. The van der Waals surface area contributed by atoms with Crippen LogP contribution in [-0.4, -0.2) is 43.5 Å². The summed E-state index contributed by atoms with van der Waals surface area (Å²) in [6.07, 6.45) is 0.113. The second kappa shape index (κ2) is 11.5. The topological polar surface area (TPSA) is 113 Å². The first-order valence-corrected chi connectivity index (χ1v) is 13.1. The van der Waals surface area contributed by atoms with Gasteiger partial charge in [0.15, 0.2) is 0 Å². The predicted octanol–water partition coefficient (Wildman–Crippen LogP) is 2.81. The molecule has 1 amide bonds. The highest BCUT2D eigenvalue weighted by Crippen LogP contribution is 2.21. The van der Waals surface area contributed by atoms with Gasteiger partial charge < -0.3 is 10.4 Å². The fraction of sp³-hybridized carbons (Fsp3) is 0.294. The van der Waals surface area contributed by atoms with Gasteiger partial charge in [-0.2, -0.15) is 0 Å². The Balaban J connectivity index is 1.76. The second-order valence-corrected chi connectivity index (χ2v) is 11.0. The van der Waals surface area contributed by atoms with Crippen LogP contribution in [0.3, 0.4) is 0 Å². The van der Waals surface area contributed by atoms with E-state index in [4.69, 9.17) is 5.11 Å². The fourth-order valence-corrected chi connectivity index (χ4v) is 5.63. The molecule has 0 bridgehead atoms. The van der Waals surface area contributed by atoms with Crippen LogP contribution in [0.2, 0.25) is 0 Å². The van der Waals surface area contributed by atoms with Crippen molar-refractivity contribution in [3.05, 3.63) is 52.2 Å². The highest BCUT2D eigenvalue weighted by atomic mass is 33.1. The van der Waals surface area contributed by atoms with Crippen molar-refractivity contribution < 1.29 is 23.1 Å². The number of carbonyl (C=O) groups excluding carboxylic acids is 1. The summed E-state index contributed by atoms with van der Waals surface area (Å²) in [7, 11) is -0.694. The molecule has 2 aromatic rings. The van der Waals surface area contributed by atoms with E-state index in [0.29, 0.717) is 23.6 Å². The summed E-state index contributed by atoms with van der Waals surface area (Å²) in [5.41, 5.74) is 0.376. The third-order valence-corrected chi connectivity index (χ3v) is 8.10. The van der Waals surface area contributed by atoms with Gasteiger partial charge >= 0.3 is 5.97 Å². The molecule has 0 atom stereocenters. The Bertz CT molecular complexity index is 867. The van der Waals surface area contributed by atoms with E-state index in [2.05, 4.69) is 10.0 Å². The lowest BCUT2D eigenvalue weighted by molar-refractivity contribution is -0.136. The van der Waals surface area contributed by atoms with Crippen LogP contribution in [0, 0.1) is 0 Å². The highest BCUT2D eigenvalue weighted by molar-refractivity contribution is 8.76. The molecular formula is C17H20N2O5S4. The Morgan fingerprint density at radius 3 is 2.43 bits per heavy atom. The van der Waals surface area contributed by atoms with E-state index in [9.17, 15) is 18.0 Å². The number of amides is 1. The van der Waals surface area contributed by atoms with Gasteiger partial charge in [0.2, 0.25) is 10.0 Å². The number of aliphatic carboxylic acids is 1. The van der Waals surface area contributed by atoms with Crippen LogP contribution in [0.1, 0.15) is 21.7 Å². The van der Waals surface area contributed by atoms with Crippen molar-refractivity contribution in [2.45, 2.75) is 17.9 Å². The number of hydrogen-bond acceptors (Lipinski definition) is 7. The lowest BCUT2D eigenvalue weighted by Crippen LogP contribution is -2.26. The lowest BCUT2D eigenvalue weighted by atomic mass is 10.2. The zero-order chi connectivity index (χ0) is 20.4. The maximum absolute atomic E-state index is 12.3. The number of benzene rings is 1. The van der Waals surface area contributed by atoms with Crippen LogP contribution >= 0.6 is 32.9 Å². The SMILES string of the molecule is O=C(O)CCSSCCNC(=O)c1ccc(S(=O)(=O)NCc2cccs2)cc1. The first-order chi connectivity index (χ1) is 13.4. The van der Waals surface area contributed by atoms with E-state index in [0.717, 1.165) is 4.88 Å². The number of carbonyl (C=O) groups is 2. The average Bonchev–Trinajstić information content (AvgIpc) is 3.19. The molecule has 0 radical (unpaired) electrons. The molecule has 28 heavy (non-hydrogen) atoms. The summed E-state index contributed by atoms with van der Waals surface area (Å²) < 4.78 is 27.1. The van der Waals surface area contributed by atoms with Gasteiger partial charge in [0.1, 0.15) is 0 Å². The first-order valence-electron chi connectivity index (χ1n) is 8.25. The normalized spacial score (nSPS) is 11.3. The van der Waals surface area contributed by atoms with E-state index in [1.54, 1.807) is 0 Å². The van der Waals surface area contributed by atoms with Crippen molar-refractivity contribution in [2.24, 2.45) is 0 Å². The molecule has 2 rings (SSSR count). The van der Waals surface area contributed by atoms with Crippen molar-refractivity contribution in [1.82, 2.24) is 10.0 Å². The highest BCUT2D eigenvalue weighted by Gasteiger charge is 2.15. The minimum absolute atomic E-state index is 0.103. The Kier molecular flexibility index (Phi) is 9.32. The summed E-state index contributed by atoms with van der Waals surface area (Å²) in [4.78, 5) is 23.5. The van der Waals surface area contributed by atoms with E-state index in [-0.39, 0.29) is 23.8 Å². The smallest absolute Gasteiger partial charge is 0.304 e. The number of carboxylic acid groups (broad SMARTS) is 1. The maximum Gasteiger partial charge on any atom is 0.304 e. The Morgan fingerprint density at radius 1 is 1.07 bits per heavy atom. The zero-order valence-electron chi connectivity index (χ0n) is 14.8. The summed E-state index contributed by atoms with van der Waals surface area (Å²) in [6, 6.07) is 9.47. The number of carboxylic acids is 1. The van der Waals surface area contributed by atoms with Crippen molar-refractivity contribution in [1.29, 1.82) is 0 Å². The molecule has 7 nitrogen and oxygen atoms in total. The van der Waals surface area contributed by atoms with Crippen molar-refractivity contribution in [3.63, 3.8) is 0 Å². The molecule has 3 N–H and O–H groups in total. The average molecular weight is 461 g/mol. The van der Waals surface area contributed by atoms with Crippen LogP contribution < -0.4 is 10.0 Å². The summed E-state index contributed by atoms with van der Waals surface area (Å²) >= 11 is 1.47. The summed E-state index contributed by atoms with van der Waals surface area (Å²) in [5.74, 6) is 0.0553. The van der Waals surface area contributed by atoms with Crippen molar-refractivity contribution >= 4 is 54.8 Å². The van der Waals surface area contributed by atoms with Gasteiger partial charge in [-0.25, -0.2) is 13.1 Å². The number of hydrogen-bond donors (Lipinski definition) is 3. The quantitative estimate of drug-likeness (QED) is 0.330. The maximum atomic E-state index is 12.3. The number of thiophene rings is 1. The summed E-state index contributed by atoms with van der Waals surface area (Å²) in [6.45, 7) is 0.663. The van der Waals surface area contributed by atoms with Crippen molar-refractivity contribution in [3.8, 4) is 0 Å². The van der Waals surface area contributed by atoms with Gasteiger partial charge in [-0.3, -0.25) is 9.59 Å². The van der Waals surface area contributed by atoms with E-state index < -0.39 is 16.0 Å². The van der Waals surface area contributed by atoms with Crippen LogP contribution in [0.5, 0.6) is 0 Å². The van der Waals surface area contributed by atoms with Gasteiger partial charge in [-0.1, -0.05) is 27.7 Å². The molecule has 152 valence electrons. The van der Waals surface area contributed by atoms with Gasteiger partial charge in [0.05, 0.1) is 11.3 Å². The number of sulfonamides is 1. The Morgan fingerprint density at radius 2 is 1.79 bits per heavy atom. The molecule has 0 saturated heterocycles. The molecule has 0 unspecified atom stereocenters. The lowest BCUT2D eigenvalue weighted by Gasteiger charge is -2.08. The molecule has 0 aliphatic heterocycles. The molecule has 0 aliphatic rings. The van der Waals surface area contributed by atoms with Crippen LogP contribution in [0.15, 0.2) is 46.7 Å². The zero-order valence-corrected chi connectivity index (χ0v) is 18.1. The third kappa shape index (κ3) is 7.84. The minimum atomic E-state index is -3.64. The van der Waals surface area contributed by atoms with Gasteiger partial charge in [0.25, 0.3) is 5.91 Å². The standard InChI is InChI=1S/C17H20N2O5S4/c20-16(21)7-10-26-27-11-8-18-17(22)13-3-5-15(6-4-13)28(23,24)19-12-14-2-1-9-25-14/h1-6,9,19H,7-8,10-12H2,(H,18,22)(H,20,21). The van der Waals surface area contributed by atoms with E-state index in [1.807, 2.05) is 17.5 Å². The van der Waals surface area contributed by atoms with Crippen molar-refractivity contribution in [2.75, 3.05) is 18.1 Å². The summed E-state index contributed by atoms with van der Waals surface area (Å²) in [5, 5.41) is 13.2. The molecule has 1 aromatic carbocycles. The van der Waals surface area contributed by atoms with E-state index in [1.165, 1.54) is 57.2 Å². The van der Waals surface area contributed by atoms with Crippen LogP contribution in [0.25, 0.3) is 0 Å². The Labute approximate surface area is 175 Å².